The maximum absolute atomic E-state index is 10.6. The second-order valence-corrected chi connectivity index (χ2v) is 1.93. The summed E-state index contributed by atoms with van der Waals surface area (Å²) in [5, 5.41) is 0. The summed E-state index contributed by atoms with van der Waals surface area (Å²) in [4.78, 5) is 10.6. The first-order chi connectivity index (χ1) is 4.26. The summed E-state index contributed by atoms with van der Waals surface area (Å²) < 4.78 is 4.55. The molecule has 0 saturated heterocycles. The van der Waals surface area contributed by atoms with Crippen LogP contribution < -0.4 is 0 Å². The first kappa shape index (κ1) is 8.17. The highest BCUT2D eigenvalue weighted by Crippen LogP contribution is 1.99. The van der Waals surface area contributed by atoms with E-state index in [9.17, 15) is 4.79 Å². The molecule has 0 aliphatic rings. The molecule has 0 aliphatic heterocycles. The van der Waals surface area contributed by atoms with E-state index in [2.05, 4.69) is 17.6 Å². The van der Waals surface area contributed by atoms with Crippen molar-refractivity contribution in [2.24, 2.45) is 5.92 Å². The Hall–Kier alpha value is -0.833. The zero-order chi connectivity index (χ0) is 7.28. The van der Waals surface area contributed by atoms with Crippen LogP contribution in [-0.2, 0) is 9.22 Å². The molecular formula is C6H10O2Si. The van der Waals surface area contributed by atoms with Gasteiger partial charge in [-0.05, 0) is 0 Å². The van der Waals surface area contributed by atoms with E-state index in [0.717, 1.165) is 0 Å². The fraction of sp³-hybridized carbons (Fsp3) is 0.167. The molecule has 0 atom stereocenters. The zero-order valence-corrected chi connectivity index (χ0v) is 7.46. The average molecular weight is 142 g/mol. The van der Waals surface area contributed by atoms with E-state index in [1.54, 1.807) is 0 Å². The summed E-state index contributed by atoms with van der Waals surface area (Å²) >= 11 is 0. The normalized spacial score (nSPS) is 9.00. The molecule has 0 N–H and O–H groups in total. The Labute approximate surface area is 57.8 Å². The van der Waals surface area contributed by atoms with Crippen LogP contribution in [0, 0.1) is 5.92 Å². The molecule has 3 heteroatoms. The van der Waals surface area contributed by atoms with Crippen molar-refractivity contribution in [2.45, 2.75) is 0 Å². The minimum Gasteiger partial charge on any atom is -0.528 e. The third kappa shape index (κ3) is 2.28. The van der Waals surface area contributed by atoms with Crippen LogP contribution in [0.2, 0.25) is 0 Å². The lowest BCUT2D eigenvalue weighted by Gasteiger charge is -2.02. The largest absolute Gasteiger partial charge is 0.528 e. The zero-order valence-electron chi connectivity index (χ0n) is 5.46. The Morgan fingerprint density at radius 3 is 2.11 bits per heavy atom. The third-order valence-corrected chi connectivity index (χ3v) is 1.38. The van der Waals surface area contributed by atoms with Crippen LogP contribution in [0.5, 0.6) is 0 Å². The maximum Gasteiger partial charge on any atom is 0.302 e. The topological polar surface area (TPSA) is 26.3 Å². The second-order valence-electron chi connectivity index (χ2n) is 1.52. The second kappa shape index (κ2) is 4.09. The van der Waals surface area contributed by atoms with Crippen LogP contribution in [0.4, 0.5) is 0 Å². The molecule has 2 nitrogen and oxygen atoms in total. The number of carbonyl (C=O) groups excluding carboxylic acids is 1. The van der Waals surface area contributed by atoms with Gasteiger partial charge in [-0.3, -0.25) is 4.79 Å². The molecule has 50 valence electrons. The van der Waals surface area contributed by atoms with E-state index in [0.29, 0.717) is 10.5 Å². The van der Waals surface area contributed by atoms with Crippen molar-refractivity contribution in [2.75, 3.05) is 0 Å². The van der Waals surface area contributed by atoms with Gasteiger partial charge in [0.05, 0.1) is 5.92 Å². The summed E-state index contributed by atoms with van der Waals surface area (Å²) in [7, 11) is 0.435. The van der Waals surface area contributed by atoms with Crippen LogP contribution >= 0.6 is 0 Å². The maximum atomic E-state index is 10.6. The van der Waals surface area contributed by atoms with Gasteiger partial charge in [0, 0.05) is 0 Å². The first-order valence-corrected chi connectivity index (χ1v) is 3.40. The van der Waals surface area contributed by atoms with Crippen LogP contribution in [0.3, 0.4) is 0 Å². The quantitative estimate of drug-likeness (QED) is 0.403. The lowest BCUT2D eigenvalue weighted by molar-refractivity contribution is -0.135. The highest BCUT2D eigenvalue weighted by molar-refractivity contribution is 6.06. The summed E-state index contributed by atoms with van der Waals surface area (Å²) in [6, 6.07) is 0. The van der Waals surface area contributed by atoms with E-state index < -0.39 is 0 Å². The van der Waals surface area contributed by atoms with E-state index in [4.69, 9.17) is 0 Å². The molecule has 0 aliphatic carbocycles. The first-order valence-electron chi connectivity index (χ1n) is 2.59. The Bertz CT molecular complexity index is 123. The third-order valence-electron chi connectivity index (χ3n) is 0.981. The van der Waals surface area contributed by atoms with E-state index >= 15 is 0 Å². The van der Waals surface area contributed by atoms with Gasteiger partial charge >= 0.3 is 5.97 Å². The molecule has 0 amide bonds. The molecule has 0 rings (SSSR count). The van der Waals surface area contributed by atoms with E-state index in [-0.39, 0.29) is 11.9 Å². The van der Waals surface area contributed by atoms with Crippen molar-refractivity contribution >= 4 is 16.5 Å². The lowest BCUT2D eigenvalue weighted by atomic mass is 10.1. The van der Waals surface area contributed by atoms with Gasteiger partial charge in [0.25, 0.3) is 0 Å². The highest BCUT2D eigenvalue weighted by Gasteiger charge is 2.07. The molecule has 0 aromatic rings. The van der Waals surface area contributed by atoms with Crippen molar-refractivity contribution < 1.29 is 9.22 Å². The monoisotopic (exact) mass is 142 g/mol. The van der Waals surface area contributed by atoms with Gasteiger partial charge in [-0.1, -0.05) is 12.2 Å². The minimum absolute atomic E-state index is 0.258. The highest BCUT2D eigenvalue weighted by atomic mass is 28.2. The molecule has 0 radical (unpaired) electrons. The van der Waals surface area contributed by atoms with Gasteiger partial charge in [-0.2, -0.15) is 0 Å². The summed E-state index contributed by atoms with van der Waals surface area (Å²) in [6.07, 6.45) is 3.01. The molecule has 0 fully saturated rings. The molecule has 0 heterocycles. The fourth-order valence-electron chi connectivity index (χ4n) is 0.425. The predicted molar refractivity (Wildman–Crippen MR) is 39.9 cm³/mol. The lowest BCUT2D eigenvalue weighted by Crippen LogP contribution is -2.11. The van der Waals surface area contributed by atoms with Crippen LogP contribution in [0.1, 0.15) is 0 Å². The van der Waals surface area contributed by atoms with E-state index in [1.807, 2.05) is 0 Å². The Kier molecular flexibility index (Phi) is 3.71. The van der Waals surface area contributed by atoms with Gasteiger partial charge in [-0.15, -0.1) is 13.2 Å². The van der Waals surface area contributed by atoms with E-state index in [1.165, 1.54) is 12.2 Å². The molecule has 0 aromatic carbocycles. The standard InChI is InChI=1S/C6H10O2Si/c1-3-5(4-2)6(7)8-9/h3-5H,1-2H2,9H3. The SMILES string of the molecule is C=CC(C=C)C(=O)O[SiH3]. The Balaban J connectivity index is 3.93. The van der Waals surface area contributed by atoms with Crippen molar-refractivity contribution in [3.8, 4) is 0 Å². The Morgan fingerprint density at radius 1 is 1.56 bits per heavy atom. The summed E-state index contributed by atoms with van der Waals surface area (Å²) in [5.41, 5.74) is 0. The van der Waals surface area contributed by atoms with Crippen LogP contribution in [-0.4, -0.2) is 16.5 Å². The van der Waals surface area contributed by atoms with Crippen LogP contribution in [0.15, 0.2) is 25.3 Å². The van der Waals surface area contributed by atoms with Crippen molar-refractivity contribution in [3.05, 3.63) is 25.3 Å². The molecule has 0 bridgehead atoms. The summed E-state index contributed by atoms with van der Waals surface area (Å²) in [6.45, 7) is 6.89. The number of carbonyl (C=O) groups is 1. The molecular weight excluding hydrogens is 132 g/mol. The van der Waals surface area contributed by atoms with Crippen molar-refractivity contribution in [1.82, 2.24) is 0 Å². The number of hydrogen-bond acceptors (Lipinski definition) is 2. The van der Waals surface area contributed by atoms with Crippen LogP contribution in [0.25, 0.3) is 0 Å². The smallest absolute Gasteiger partial charge is 0.302 e. The van der Waals surface area contributed by atoms with Gasteiger partial charge in [0.2, 0.25) is 10.5 Å². The van der Waals surface area contributed by atoms with Gasteiger partial charge < -0.3 is 4.43 Å². The van der Waals surface area contributed by atoms with Gasteiger partial charge in [0.15, 0.2) is 0 Å². The average Bonchev–Trinajstić information content (AvgIpc) is 1.90. The molecule has 0 aromatic heterocycles. The Morgan fingerprint density at radius 2 is 2.00 bits per heavy atom. The molecule has 9 heavy (non-hydrogen) atoms. The van der Waals surface area contributed by atoms with Crippen molar-refractivity contribution in [3.63, 3.8) is 0 Å². The predicted octanol–water partition coefficient (Wildman–Crippen LogP) is -0.202. The van der Waals surface area contributed by atoms with Gasteiger partial charge in [-0.25, -0.2) is 0 Å². The molecule has 0 spiro atoms. The number of rotatable bonds is 3. The number of hydrogen-bond donors (Lipinski definition) is 0. The van der Waals surface area contributed by atoms with Crippen molar-refractivity contribution in [1.29, 1.82) is 0 Å². The summed E-state index contributed by atoms with van der Waals surface area (Å²) in [5.74, 6) is -0.589. The molecule has 0 unspecified atom stereocenters. The van der Waals surface area contributed by atoms with Gasteiger partial charge in [0.1, 0.15) is 0 Å². The minimum atomic E-state index is -0.331. The molecule has 0 saturated carbocycles. The fourth-order valence-corrected chi connectivity index (χ4v) is 0.697.